The van der Waals surface area contributed by atoms with E-state index < -0.39 is 0 Å². The van der Waals surface area contributed by atoms with E-state index in [1.807, 2.05) is 74.5 Å². The number of amides is 4. The topological polar surface area (TPSA) is 174 Å². The van der Waals surface area contributed by atoms with E-state index in [1.165, 1.54) is 12.4 Å². The molecule has 3 aromatic heterocycles. The first-order valence-electron chi connectivity index (χ1n) is 19.7. The minimum absolute atomic E-state index is 0.119. The van der Waals surface area contributed by atoms with Crippen molar-refractivity contribution in [1.29, 1.82) is 0 Å². The fourth-order valence-electron chi connectivity index (χ4n) is 5.74. The maximum atomic E-state index is 12.6. The Morgan fingerprint density at radius 2 is 1.05 bits per heavy atom. The van der Waals surface area contributed by atoms with Gasteiger partial charge in [0.1, 0.15) is 36.1 Å². The Morgan fingerprint density at radius 1 is 0.550 bits per heavy atom. The summed E-state index contributed by atoms with van der Waals surface area (Å²) >= 11 is 0. The van der Waals surface area contributed by atoms with Crippen LogP contribution in [-0.2, 0) is 13.2 Å². The molecule has 13 heteroatoms. The molecule has 2 aliphatic rings. The number of aromatic nitrogens is 3. The zero-order valence-corrected chi connectivity index (χ0v) is 33.3. The molecule has 13 nitrogen and oxygen atoms in total. The minimum atomic E-state index is -0.353. The molecule has 4 N–H and O–H groups in total. The van der Waals surface area contributed by atoms with Gasteiger partial charge < -0.3 is 30.7 Å². The minimum Gasteiger partial charge on any atom is -0.487 e. The molecule has 2 fully saturated rings. The molecule has 0 bridgehead atoms. The van der Waals surface area contributed by atoms with E-state index in [2.05, 4.69) is 36.2 Å². The van der Waals surface area contributed by atoms with Gasteiger partial charge in [0.05, 0.1) is 18.1 Å². The van der Waals surface area contributed by atoms with Crippen molar-refractivity contribution in [1.82, 2.24) is 25.6 Å². The van der Waals surface area contributed by atoms with Crippen molar-refractivity contribution >= 4 is 35.0 Å². The van der Waals surface area contributed by atoms with E-state index in [4.69, 9.17) is 9.47 Å². The molecule has 0 spiro atoms. The quantitative estimate of drug-likeness (QED) is 0.0864. The SMILES string of the molecule is Cc1ccc(C(=O)NC2CC2)cc1NC(=O)c1ccc(OCc2ccccc2)cn1.Cc1ccc(C(=O)NC2CC2)cc1NC(=O)c1ccc(OCc2ccccn2)cn1. The molecule has 0 saturated heterocycles. The Labute approximate surface area is 348 Å². The van der Waals surface area contributed by atoms with Crippen LogP contribution in [0.5, 0.6) is 11.5 Å². The first-order chi connectivity index (χ1) is 29.2. The zero-order valence-electron chi connectivity index (χ0n) is 33.3. The van der Waals surface area contributed by atoms with Crippen molar-refractivity contribution in [2.24, 2.45) is 0 Å². The maximum absolute atomic E-state index is 12.6. The Kier molecular flexibility index (Phi) is 13.2. The average Bonchev–Trinajstić information content (AvgIpc) is 4.23. The third kappa shape index (κ3) is 11.8. The molecule has 2 aliphatic carbocycles. The van der Waals surface area contributed by atoms with Gasteiger partial charge in [0.25, 0.3) is 23.6 Å². The van der Waals surface area contributed by atoms with Gasteiger partial charge in [0.2, 0.25) is 0 Å². The van der Waals surface area contributed by atoms with Gasteiger partial charge in [-0.05, 0) is 117 Å². The lowest BCUT2D eigenvalue weighted by molar-refractivity contribution is 0.0942. The number of hydrogen-bond donors (Lipinski definition) is 4. The largest absolute Gasteiger partial charge is 0.487 e. The highest BCUT2D eigenvalue weighted by molar-refractivity contribution is 6.05. The van der Waals surface area contributed by atoms with Gasteiger partial charge in [-0.3, -0.25) is 24.2 Å². The molecule has 3 aromatic carbocycles. The number of rotatable bonds is 14. The van der Waals surface area contributed by atoms with E-state index >= 15 is 0 Å². The molecule has 0 unspecified atom stereocenters. The van der Waals surface area contributed by atoms with E-state index in [1.54, 1.807) is 54.7 Å². The summed E-state index contributed by atoms with van der Waals surface area (Å²) in [5, 5.41) is 11.6. The van der Waals surface area contributed by atoms with Crippen LogP contribution in [0.4, 0.5) is 11.4 Å². The predicted octanol–water partition coefficient (Wildman–Crippen LogP) is 7.62. The number of pyridine rings is 3. The smallest absolute Gasteiger partial charge is 0.274 e. The molecule has 0 atom stereocenters. The molecule has 6 aromatic rings. The number of hydrogen-bond acceptors (Lipinski definition) is 9. The van der Waals surface area contributed by atoms with Gasteiger partial charge in [-0.15, -0.1) is 0 Å². The molecule has 0 aliphatic heterocycles. The van der Waals surface area contributed by atoms with Crippen molar-refractivity contribution in [2.75, 3.05) is 10.6 Å². The number of nitrogens with zero attached hydrogens (tertiary/aromatic N) is 3. The number of aryl methyl sites for hydroxylation is 2. The Balaban J connectivity index is 0.000000181. The van der Waals surface area contributed by atoms with Gasteiger partial charge in [0, 0.05) is 40.8 Å². The summed E-state index contributed by atoms with van der Waals surface area (Å²) in [6, 6.07) is 33.2. The van der Waals surface area contributed by atoms with Crippen LogP contribution in [0.3, 0.4) is 0 Å². The third-order valence-corrected chi connectivity index (χ3v) is 9.62. The molecule has 0 radical (unpaired) electrons. The van der Waals surface area contributed by atoms with Crippen LogP contribution in [0.2, 0.25) is 0 Å². The predicted molar refractivity (Wildman–Crippen MR) is 227 cm³/mol. The van der Waals surface area contributed by atoms with Crippen LogP contribution in [0.1, 0.15) is 89.8 Å². The lowest BCUT2D eigenvalue weighted by Gasteiger charge is -2.11. The van der Waals surface area contributed by atoms with Gasteiger partial charge in [0.15, 0.2) is 0 Å². The van der Waals surface area contributed by atoms with Crippen molar-refractivity contribution in [3.63, 3.8) is 0 Å². The second-order valence-electron chi connectivity index (χ2n) is 14.6. The Morgan fingerprint density at radius 3 is 1.50 bits per heavy atom. The summed E-state index contributed by atoms with van der Waals surface area (Å²) < 4.78 is 11.3. The third-order valence-electron chi connectivity index (χ3n) is 9.62. The zero-order chi connectivity index (χ0) is 41.8. The molecule has 4 amide bonds. The number of ether oxygens (including phenoxy) is 2. The number of carbonyl (C=O) groups is 4. The standard InChI is InChI=1S/C24H23N3O3.C23H22N4O3/c1-16-7-8-18(23(28)26-19-9-10-19)13-22(16)27-24(29)21-12-11-20(14-25-21)30-15-17-5-3-2-4-6-17;1-15-5-6-16(22(28)26-17-7-8-17)12-21(15)27-23(29)20-10-9-19(13-25-20)30-14-18-4-2-3-11-24-18/h2-8,11-14,19H,9-10,15H2,1H3,(H,26,28)(H,27,29);2-6,9-13,17H,7-8,14H2,1H3,(H,26,28)(H,27,29). The fraction of sp³-hybridized carbons (Fsp3) is 0.213. The maximum Gasteiger partial charge on any atom is 0.274 e. The molecule has 2 saturated carbocycles. The molecular formula is C47H45N7O6. The number of nitrogens with one attached hydrogen (secondary N) is 4. The second kappa shape index (κ2) is 19.4. The van der Waals surface area contributed by atoms with E-state index in [9.17, 15) is 19.2 Å². The lowest BCUT2D eigenvalue weighted by Crippen LogP contribution is -2.25. The monoisotopic (exact) mass is 803 g/mol. The summed E-state index contributed by atoms with van der Waals surface area (Å²) in [6.45, 7) is 4.51. The number of anilines is 2. The van der Waals surface area contributed by atoms with Crippen molar-refractivity contribution in [2.45, 2.75) is 64.8 Å². The number of benzene rings is 3. The summed E-state index contributed by atoms with van der Waals surface area (Å²) in [5.41, 5.74) is 6.35. The van der Waals surface area contributed by atoms with Crippen molar-refractivity contribution < 1.29 is 28.7 Å². The van der Waals surface area contributed by atoms with Crippen LogP contribution < -0.4 is 30.7 Å². The summed E-state index contributed by atoms with van der Waals surface area (Å²) in [6.07, 6.45) is 8.84. The molecule has 60 heavy (non-hydrogen) atoms. The molecular weight excluding hydrogens is 759 g/mol. The first-order valence-corrected chi connectivity index (χ1v) is 19.7. The van der Waals surface area contributed by atoms with Crippen LogP contribution in [0.15, 0.2) is 128 Å². The highest BCUT2D eigenvalue weighted by atomic mass is 16.5. The normalized spacial score (nSPS) is 12.8. The van der Waals surface area contributed by atoms with E-state index in [0.29, 0.717) is 47.2 Å². The van der Waals surface area contributed by atoms with Gasteiger partial charge in [-0.25, -0.2) is 9.97 Å². The van der Waals surface area contributed by atoms with Crippen LogP contribution in [-0.4, -0.2) is 50.7 Å². The van der Waals surface area contributed by atoms with Gasteiger partial charge in [-0.2, -0.15) is 0 Å². The fourth-order valence-corrected chi connectivity index (χ4v) is 5.74. The summed E-state index contributed by atoms with van der Waals surface area (Å²) in [4.78, 5) is 62.3. The lowest BCUT2D eigenvalue weighted by atomic mass is 10.1. The second-order valence-corrected chi connectivity index (χ2v) is 14.6. The van der Waals surface area contributed by atoms with Crippen molar-refractivity contribution in [3.05, 3.63) is 173 Å². The highest BCUT2D eigenvalue weighted by Gasteiger charge is 2.25. The first kappa shape index (κ1) is 40.8. The Hall–Kier alpha value is -7.41. The average molecular weight is 804 g/mol. The summed E-state index contributed by atoms with van der Waals surface area (Å²) in [7, 11) is 0. The molecule has 8 rings (SSSR count). The Bertz CT molecular complexity index is 2270. The molecule has 3 heterocycles. The molecule has 304 valence electrons. The van der Waals surface area contributed by atoms with Crippen LogP contribution in [0, 0.1) is 13.8 Å². The van der Waals surface area contributed by atoms with Gasteiger partial charge in [-0.1, -0.05) is 48.5 Å². The van der Waals surface area contributed by atoms with E-state index in [0.717, 1.165) is 48.1 Å². The van der Waals surface area contributed by atoms with Crippen LogP contribution in [0.25, 0.3) is 0 Å². The highest BCUT2D eigenvalue weighted by Crippen LogP contribution is 2.24. The summed E-state index contributed by atoms with van der Waals surface area (Å²) in [5.74, 6) is 0.200. The van der Waals surface area contributed by atoms with Crippen LogP contribution >= 0.6 is 0 Å². The van der Waals surface area contributed by atoms with Gasteiger partial charge >= 0.3 is 0 Å². The van der Waals surface area contributed by atoms with Crippen molar-refractivity contribution in [3.8, 4) is 11.5 Å². The van der Waals surface area contributed by atoms with E-state index in [-0.39, 0.29) is 47.1 Å². The number of carbonyl (C=O) groups excluding carboxylic acids is 4.